The fraction of sp³-hybridized carbons (Fsp3) is 0.500. The Labute approximate surface area is 215 Å². The van der Waals surface area contributed by atoms with Gasteiger partial charge >= 0.3 is 0 Å². The molecule has 1 saturated carbocycles. The zero-order valence-electron chi connectivity index (χ0n) is 22.1. The maximum atomic E-state index is 13.8. The van der Waals surface area contributed by atoms with Crippen LogP contribution in [0.1, 0.15) is 61.3 Å². The van der Waals surface area contributed by atoms with Crippen LogP contribution in [0, 0.1) is 20.8 Å². The molecule has 3 rings (SSSR count). The van der Waals surface area contributed by atoms with Gasteiger partial charge in [0.25, 0.3) is 0 Å². The van der Waals surface area contributed by atoms with Crippen LogP contribution in [0.15, 0.2) is 42.5 Å². The molecule has 7 nitrogen and oxygen atoms in total. The molecule has 196 valence electrons. The SMILES string of the molecule is CC[C@@H](C(=O)NC1CCCC1)N(Cc1ccc(C)cc1)C(=O)CN(c1ccc(C)cc1C)S(C)(=O)=O. The Morgan fingerprint density at radius 3 is 2.17 bits per heavy atom. The van der Waals surface area contributed by atoms with E-state index in [0.717, 1.165) is 58.5 Å². The molecule has 0 aromatic heterocycles. The number of sulfonamides is 1. The van der Waals surface area contributed by atoms with Gasteiger partial charge in [-0.1, -0.05) is 67.3 Å². The minimum absolute atomic E-state index is 0.130. The van der Waals surface area contributed by atoms with Crippen LogP contribution in [-0.4, -0.2) is 50.0 Å². The molecule has 2 aromatic rings. The number of hydrogen-bond donors (Lipinski definition) is 1. The smallest absolute Gasteiger partial charge is 0.244 e. The van der Waals surface area contributed by atoms with E-state index in [1.54, 1.807) is 6.07 Å². The maximum Gasteiger partial charge on any atom is 0.244 e. The Kier molecular flexibility index (Phi) is 9.17. The van der Waals surface area contributed by atoms with Crippen molar-refractivity contribution in [3.8, 4) is 0 Å². The highest BCUT2D eigenvalue weighted by Crippen LogP contribution is 2.25. The predicted molar refractivity (Wildman–Crippen MR) is 144 cm³/mol. The van der Waals surface area contributed by atoms with Crippen LogP contribution in [0.4, 0.5) is 5.69 Å². The van der Waals surface area contributed by atoms with Crippen molar-refractivity contribution in [1.29, 1.82) is 0 Å². The second kappa shape index (κ2) is 11.9. The average Bonchev–Trinajstić information content (AvgIpc) is 3.31. The molecule has 0 heterocycles. The fourth-order valence-electron chi connectivity index (χ4n) is 4.86. The van der Waals surface area contributed by atoms with Gasteiger partial charge in [-0.15, -0.1) is 0 Å². The molecule has 0 aliphatic heterocycles. The van der Waals surface area contributed by atoms with Gasteiger partial charge in [0.1, 0.15) is 12.6 Å². The number of hydrogen-bond acceptors (Lipinski definition) is 4. The van der Waals surface area contributed by atoms with E-state index in [9.17, 15) is 18.0 Å². The Morgan fingerprint density at radius 2 is 1.61 bits per heavy atom. The van der Waals surface area contributed by atoms with E-state index < -0.39 is 22.0 Å². The van der Waals surface area contributed by atoms with Crippen LogP contribution in [0.2, 0.25) is 0 Å². The Hall–Kier alpha value is -2.87. The summed E-state index contributed by atoms with van der Waals surface area (Å²) in [4.78, 5) is 28.7. The molecular weight excluding hydrogens is 474 g/mol. The van der Waals surface area contributed by atoms with Gasteiger partial charge in [0.05, 0.1) is 11.9 Å². The number of carbonyl (C=O) groups is 2. The van der Waals surface area contributed by atoms with E-state index in [0.29, 0.717) is 12.1 Å². The zero-order chi connectivity index (χ0) is 26.5. The van der Waals surface area contributed by atoms with Crippen LogP contribution >= 0.6 is 0 Å². The van der Waals surface area contributed by atoms with Crippen LogP contribution < -0.4 is 9.62 Å². The van der Waals surface area contributed by atoms with E-state index in [-0.39, 0.29) is 25.0 Å². The van der Waals surface area contributed by atoms with Crippen molar-refractivity contribution in [1.82, 2.24) is 10.2 Å². The molecule has 8 heteroatoms. The molecule has 0 bridgehead atoms. The second-order valence-corrected chi connectivity index (χ2v) is 11.9. The summed E-state index contributed by atoms with van der Waals surface area (Å²) in [5.74, 6) is -0.586. The van der Waals surface area contributed by atoms with Crippen molar-refractivity contribution in [3.05, 3.63) is 64.7 Å². The van der Waals surface area contributed by atoms with E-state index in [1.165, 1.54) is 4.90 Å². The minimum Gasteiger partial charge on any atom is -0.352 e. The first kappa shape index (κ1) is 27.7. The molecule has 1 aliphatic rings. The van der Waals surface area contributed by atoms with E-state index in [1.807, 2.05) is 64.1 Å². The van der Waals surface area contributed by atoms with Crippen molar-refractivity contribution >= 4 is 27.5 Å². The summed E-state index contributed by atoms with van der Waals surface area (Å²) in [5.41, 5.74) is 4.23. The van der Waals surface area contributed by atoms with E-state index >= 15 is 0 Å². The topological polar surface area (TPSA) is 86.8 Å². The standard InChI is InChI=1S/C28H39N3O4S/c1-6-25(28(33)29-24-9-7-8-10-24)30(18-23-14-11-20(2)12-15-23)27(32)19-31(36(5,34)35)26-16-13-21(3)17-22(26)4/h11-17,24-25H,6-10,18-19H2,1-5H3,(H,29,33)/t25-/m0/s1. The second-order valence-electron chi connectivity index (χ2n) is 9.98. The van der Waals surface area contributed by atoms with E-state index in [4.69, 9.17) is 0 Å². The van der Waals surface area contributed by atoms with Gasteiger partial charge in [-0.05, 0) is 57.2 Å². The summed E-state index contributed by atoms with van der Waals surface area (Å²) in [6, 6.07) is 12.7. The van der Waals surface area contributed by atoms with Gasteiger partial charge < -0.3 is 10.2 Å². The van der Waals surface area contributed by atoms with Crippen molar-refractivity contribution in [2.24, 2.45) is 0 Å². The molecule has 1 fully saturated rings. The number of rotatable bonds is 10. The van der Waals surface area contributed by atoms with Crippen molar-refractivity contribution < 1.29 is 18.0 Å². The van der Waals surface area contributed by atoms with Gasteiger partial charge in [-0.25, -0.2) is 8.42 Å². The molecule has 0 unspecified atom stereocenters. The summed E-state index contributed by atoms with van der Waals surface area (Å²) >= 11 is 0. The first-order chi connectivity index (χ1) is 17.0. The van der Waals surface area contributed by atoms with Gasteiger partial charge in [0.15, 0.2) is 0 Å². The summed E-state index contributed by atoms with van der Waals surface area (Å²) in [6.07, 6.45) is 5.61. The van der Waals surface area contributed by atoms with Crippen LogP contribution in [0.3, 0.4) is 0 Å². The third kappa shape index (κ3) is 7.09. The Morgan fingerprint density at radius 1 is 1.00 bits per heavy atom. The molecule has 0 saturated heterocycles. The number of nitrogens with one attached hydrogen (secondary N) is 1. The summed E-state index contributed by atoms with van der Waals surface area (Å²) in [6.45, 7) is 7.49. The molecule has 0 radical (unpaired) electrons. The zero-order valence-corrected chi connectivity index (χ0v) is 22.9. The number of aryl methyl sites for hydroxylation is 3. The molecule has 0 spiro atoms. The van der Waals surface area contributed by atoms with Crippen molar-refractivity contribution in [2.75, 3.05) is 17.1 Å². The molecule has 2 aromatic carbocycles. The Balaban J connectivity index is 1.93. The molecule has 1 atom stereocenters. The number of nitrogens with zero attached hydrogens (tertiary/aromatic N) is 2. The van der Waals surface area contributed by atoms with Gasteiger partial charge in [0.2, 0.25) is 21.8 Å². The lowest BCUT2D eigenvalue weighted by atomic mass is 10.1. The highest BCUT2D eigenvalue weighted by molar-refractivity contribution is 7.92. The summed E-state index contributed by atoms with van der Waals surface area (Å²) in [5, 5.41) is 3.13. The molecular formula is C28H39N3O4S. The normalized spacial score (nSPS) is 14.9. The average molecular weight is 514 g/mol. The van der Waals surface area contributed by atoms with Crippen LogP contribution in [0.25, 0.3) is 0 Å². The first-order valence-electron chi connectivity index (χ1n) is 12.7. The molecule has 36 heavy (non-hydrogen) atoms. The van der Waals surface area contributed by atoms with Crippen LogP contribution in [-0.2, 0) is 26.2 Å². The lowest BCUT2D eigenvalue weighted by Crippen LogP contribution is -2.53. The highest BCUT2D eigenvalue weighted by atomic mass is 32.2. The Bertz CT molecular complexity index is 1170. The first-order valence-corrected chi connectivity index (χ1v) is 14.5. The minimum atomic E-state index is -3.75. The lowest BCUT2D eigenvalue weighted by Gasteiger charge is -2.33. The quantitative estimate of drug-likeness (QED) is 0.515. The summed E-state index contributed by atoms with van der Waals surface area (Å²) in [7, 11) is -3.75. The number of amides is 2. The van der Waals surface area contributed by atoms with Crippen LogP contribution in [0.5, 0.6) is 0 Å². The predicted octanol–water partition coefficient (Wildman–Crippen LogP) is 4.24. The number of anilines is 1. The third-order valence-corrected chi connectivity index (χ3v) is 7.99. The van der Waals surface area contributed by atoms with Gasteiger partial charge in [-0.2, -0.15) is 0 Å². The van der Waals surface area contributed by atoms with Gasteiger partial charge in [0, 0.05) is 12.6 Å². The molecule has 1 aliphatic carbocycles. The van der Waals surface area contributed by atoms with Gasteiger partial charge in [-0.3, -0.25) is 13.9 Å². The lowest BCUT2D eigenvalue weighted by molar-refractivity contribution is -0.140. The van der Waals surface area contributed by atoms with Crippen molar-refractivity contribution in [3.63, 3.8) is 0 Å². The van der Waals surface area contributed by atoms with E-state index in [2.05, 4.69) is 5.32 Å². The monoisotopic (exact) mass is 513 g/mol. The third-order valence-electron chi connectivity index (χ3n) is 6.86. The molecule has 2 amide bonds. The summed E-state index contributed by atoms with van der Waals surface area (Å²) < 4.78 is 26.8. The number of carbonyl (C=O) groups excluding carboxylic acids is 2. The van der Waals surface area contributed by atoms with Crippen molar-refractivity contribution in [2.45, 2.75) is 78.4 Å². The molecule has 1 N–H and O–H groups in total. The number of benzene rings is 2. The fourth-order valence-corrected chi connectivity index (χ4v) is 5.76. The highest BCUT2D eigenvalue weighted by Gasteiger charge is 2.33. The maximum absolute atomic E-state index is 13.8. The largest absolute Gasteiger partial charge is 0.352 e.